The number of amides is 1. The Balaban J connectivity index is 1.77. The topological polar surface area (TPSA) is 92.3 Å². The molecule has 0 spiro atoms. The van der Waals surface area contributed by atoms with Gasteiger partial charge >= 0.3 is 0 Å². The molecule has 0 fully saturated rings. The van der Waals surface area contributed by atoms with E-state index < -0.39 is 5.91 Å². The van der Waals surface area contributed by atoms with Crippen LogP contribution < -0.4 is 9.47 Å². The molecule has 0 saturated carbocycles. The summed E-state index contributed by atoms with van der Waals surface area (Å²) in [7, 11) is 3.23. The van der Waals surface area contributed by atoms with Gasteiger partial charge in [0.25, 0.3) is 5.91 Å². The van der Waals surface area contributed by atoms with Crippen LogP contribution in [0.25, 0.3) is 11.8 Å². The maximum Gasteiger partial charge on any atom is 0.283 e. The number of fused-ring (bicyclic) bond motifs is 1. The van der Waals surface area contributed by atoms with Crippen molar-refractivity contribution in [2.75, 3.05) is 20.5 Å². The molecule has 0 unspecified atom stereocenters. The van der Waals surface area contributed by atoms with Crippen molar-refractivity contribution in [3.8, 4) is 17.2 Å². The summed E-state index contributed by atoms with van der Waals surface area (Å²) in [6.45, 7) is 3.94. The number of methoxy groups -OCH3 is 2. The first-order valence-corrected chi connectivity index (χ1v) is 11.4. The lowest BCUT2D eigenvalue weighted by Gasteiger charge is -2.20. The summed E-state index contributed by atoms with van der Waals surface area (Å²) < 4.78 is 13.7. The first-order valence-electron chi connectivity index (χ1n) is 9.33. The number of rotatable bonds is 4. The fourth-order valence-electron chi connectivity index (χ4n) is 3.49. The molecule has 160 valence electrons. The van der Waals surface area contributed by atoms with Crippen molar-refractivity contribution in [2.45, 2.75) is 13.8 Å². The van der Waals surface area contributed by atoms with Gasteiger partial charge < -0.3 is 14.0 Å². The molecular formula is C21H21N5O3S2. The summed E-state index contributed by atoms with van der Waals surface area (Å²) in [5, 5.41) is 14.7. The van der Waals surface area contributed by atoms with Gasteiger partial charge in [0.15, 0.2) is 10.2 Å². The van der Waals surface area contributed by atoms with Crippen molar-refractivity contribution in [1.29, 1.82) is 5.41 Å². The lowest BCUT2D eigenvalue weighted by Crippen LogP contribution is -2.35. The maximum atomic E-state index is 12.7. The lowest BCUT2D eigenvalue weighted by molar-refractivity contribution is -0.114. The highest BCUT2D eigenvalue weighted by Crippen LogP contribution is 2.34. The molecule has 4 rings (SSSR count). The van der Waals surface area contributed by atoms with Crippen LogP contribution in [0.1, 0.15) is 17.0 Å². The van der Waals surface area contributed by atoms with Crippen LogP contribution in [0, 0.1) is 19.3 Å². The Bertz CT molecular complexity index is 1200. The molecule has 0 atom stereocenters. The molecule has 2 aliphatic heterocycles. The second kappa shape index (κ2) is 8.27. The van der Waals surface area contributed by atoms with Crippen LogP contribution in [0.5, 0.6) is 11.5 Å². The summed E-state index contributed by atoms with van der Waals surface area (Å²) in [6, 6.07) is 7.60. The van der Waals surface area contributed by atoms with Crippen molar-refractivity contribution in [1.82, 2.24) is 9.58 Å². The number of hydrazone groups is 1. The number of benzene rings is 1. The summed E-state index contributed by atoms with van der Waals surface area (Å²) in [4.78, 5) is 16.8. The van der Waals surface area contributed by atoms with Crippen LogP contribution in [0.2, 0.25) is 0 Å². The van der Waals surface area contributed by atoms with Crippen molar-refractivity contribution < 1.29 is 14.3 Å². The molecule has 1 aromatic heterocycles. The third kappa shape index (κ3) is 3.66. The second-order valence-corrected chi connectivity index (χ2v) is 8.80. The Morgan fingerprint density at radius 3 is 2.65 bits per heavy atom. The Morgan fingerprint density at radius 1 is 1.19 bits per heavy atom. The zero-order chi connectivity index (χ0) is 22.3. The molecule has 0 radical (unpaired) electrons. The number of carbonyl (C=O) groups is 1. The van der Waals surface area contributed by atoms with Gasteiger partial charge in [-0.3, -0.25) is 10.2 Å². The standard InChI is InChI=1S/C21H21N5O3S2/c1-11-8-13(12(2)25(11)16-7-6-14(28-3)10-17(16)29-4)9-15-18(22)26-20(23-19(15)27)31-21(24-26)30-5/h6-10,22H,1-5H3. The van der Waals surface area contributed by atoms with E-state index in [-0.39, 0.29) is 11.4 Å². The molecule has 1 N–H and O–H groups in total. The zero-order valence-corrected chi connectivity index (χ0v) is 19.3. The molecule has 0 bridgehead atoms. The summed E-state index contributed by atoms with van der Waals surface area (Å²) in [6.07, 6.45) is 3.60. The van der Waals surface area contributed by atoms with Gasteiger partial charge in [-0.15, -0.1) is 16.9 Å². The van der Waals surface area contributed by atoms with E-state index in [2.05, 4.69) is 10.1 Å². The average Bonchev–Trinajstić information content (AvgIpc) is 3.30. The number of hydrogen-bond acceptors (Lipinski definition) is 7. The van der Waals surface area contributed by atoms with Crippen LogP contribution in [-0.2, 0) is 4.79 Å². The molecule has 31 heavy (non-hydrogen) atoms. The van der Waals surface area contributed by atoms with E-state index in [0.717, 1.165) is 27.0 Å². The molecule has 0 saturated heterocycles. The first-order chi connectivity index (χ1) is 14.9. The quantitative estimate of drug-likeness (QED) is 0.699. The first kappa shape index (κ1) is 21.3. The normalized spacial score (nSPS) is 17.1. The molecule has 2 aliphatic rings. The summed E-state index contributed by atoms with van der Waals surface area (Å²) in [5.74, 6) is 0.963. The number of ether oxygens (including phenoxy) is 2. The molecule has 1 aromatic carbocycles. The number of nitrogens with one attached hydrogen (secondary N) is 1. The third-order valence-electron chi connectivity index (χ3n) is 5.01. The van der Waals surface area contributed by atoms with Crippen molar-refractivity contribution in [3.05, 3.63) is 46.8 Å². The van der Waals surface area contributed by atoms with Crippen molar-refractivity contribution in [2.24, 2.45) is 10.1 Å². The smallest absolute Gasteiger partial charge is 0.283 e. The van der Waals surface area contributed by atoms with E-state index in [0.29, 0.717) is 16.7 Å². The number of nitrogens with zero attached hydrogens (tertiary/aromatic N) is 4. The van der Waals surface area contributed by atoms with Gasteiger partial charge in [0.2, 0.25) is 5.17 Å². The molecule has 0 aliphatic carbocycles. The predicted octanol–water partition coefficient (Wildman–Crippen LogP) is 4.05. The fraction of sp³-hybridized carbons (Fsp3) is 0.238. The third-order valence-corrected chi connectivity index (χ3v) is 6.89. The monoisotopic (exact) mass is 455 g/mol. The minimum atomic E-state index is -0.437. The Kier molecular flexibility index (Phi) is 5.67. The SMILES string of the molecule is COc1ccc(-n2c(C)cc(C=C3C(=N)N4N=C(SC)SC4=NC3=O)c2C)c(OC)c1. The number of aryl methyl sites for hydroxylation is 1. The molecule has 10 heteroatoms. The number of thioether (sulfide) groups is 2. The van der Waals surface area contributed by atoms with Gasteiger partial charge in [-0.2, -0.15) is 10.0 Å². The molecule has 2 aromatic rings. The van der Waals surface area contributed by atoms with E-state index in [1.54, 1.807) is 20.3 Å². The number of hydrogen-bond donors (Lipinski definition) is 1. The average molecular weight is 456 g/mol. The van der Waals surface area contributed by atoms with Gasteiger partial charge in [-0.05, 0) is 61.7 Å². The number of carbonyl (C=O) groups excluding carboxylic acids is 1. The van der Waals surface area contributed by atoms with Gasteiger partial charge in [0.05, 0.1) is 25.5 Å². The highest BCUT2D eigenvalue weighted by molar-refractivity contribution is 8.45. The Labute approximate surface area is 188 Å². The second-order valence-electron chi connectivity index (χ2n) is 6.79. The minimum Gasteiger partial charge on any atom is -0.497 e. The predicted molar refractivity (Wildman–Crippen MR) is 127 cm³/mol. The van der Waals surface area contributed by atoms with Gasteiger partial charge in [-0.25, -0.2) is 0 Å². The highest BCUT2D eigenvalue weighted by Gasteiger charge is 2.35. The lowest BCUT2D eigenvalue weighted by atomic mass is 10.1. The molecule has 8 nitrogen and oxygen atoms in total. The maximum absolute atomic E-state index is 12.7. The van der Waals surface area contributed by atoms with Crippen LogP contribution in [0.15, 0.2) is 39.9 Å². The Morgan fingerprint density at radius 2 is 1.97 bits per heavy atom. The molecule has 1 amide bonds. The Hall–Kier alpha value is -2.98. The van der Waals surface area contributed by atoms with Crippen LogP contribution in [0.4, 0.5) is 0 Å². The minimum absolute atomic E-state index is 0.0263. The van der Waals surface area contributed by atoms with E-state index >= 15 is 0 Å². The summed E-state index contributed by atoms with van der Waals surface area (Å²) in [5.41, 5.74) is 3.76. The number of aliphatic imine (C=N–C) groups is 1. The summed E-state index contributed by atoms with van der Waals surface area (Å²) >= 11 is 2.75. The van der Waals surface area contributed by atoms with E-state index in [1.807, 2.05) is 48.9 Å². The highest BCUT2D eigenvalue weighted by atomic mass is 32.2. The van der Waals surface area contributed by atoms with Crippen molar-refractivity contribution in [3.63, 3.8) is 0 Å². The van der Waals surface area contributed by atoms with E-state index in [9.17, 15) is 4.79 Å². The van der Waals surface area contributed by atoms with Gasteiger partial charge in [-0.1, -0.05) is 0 Å². The van der Waals surface area contributed by atoms with Gasteiger partial charge in [0, 0.05) is 17.5 Å². The molecule has 3 heterocycles. The van der Waals surface area contributed by atoms with Crippen LogP contribution in [0.3, 0.4) is 0 Å². The van der Waals surface area contributed by atoms with Crippen molar-refractivity contribution >= 4 is 50.9 Å². The van der Waals surface area contributed by atoms with Crippen LogP contribution >= 0.6 is 23.5 Å². The van der Waals surface area contributed by atoms with E-state index in [4.69, 9.17) is 14.9 Å². The van der Waals surface area contributed by atoms with Crippen LogP contribution in [-0.4, -0.2) is 51.3 Å². The number of aromatic nitrogens is 1. The zero-order valence-electron chi connectivity index (χ0n) is 17.7. The van der Waals surface area contributed by atoms with Gasteiger partial charge in [0.1, 0.15) is 11.5 Å². The largest absolute Gasteiger partial charge is 0.497 e. The fourth-order valence-corrected chi connectivity index (χ4v) is 4.83. The molecular weight excluding hydrogens is 434 g/mol. The van der Waals surface area contributed by atoms with E-state index in [1.165, 1.54) is 28.5 Å². The number of amidine groups is 2.